The number of imide groups is 1. The summed E-state index contributed by atoms with van der Waals surface area (Å²) in [4.78, 5) is 24.4. The Bertz CT molecular complexity index is 327. The third-order valence-electron chi connectivity index (χ3n) is 3.10. The molecule has 5 nitrogen and oxygen atoms in total. The van der Waals surface area contributed by atoms with Crippen LogP contribution in [0.3, 0.4) is 0 Å². The molecule has 3 unspecified atom stereocenters. The number of piperidine rings is 1. The number of nitriles is 1. The van der Waals surface area contributed by atoms with Crippen molar-refractivity contribution in [2.45, 2.75) is 18.9 Å². The van der Waals surface area contributed by atoms with Gasteiger partial charge in [0.15, 0.2) is 0 Å². The Morgan fingerprint density at radius 1 is 1.53 bits per heavy atom. The molecule has 0 aromatic heterocycles. The fourth-order valence-electron chi connectivity index (χ4n) is 2.00. The van der Waals surface area contributed by atoms with Crippen molar-refractivity contribution in [2.24, 2.45) is 11.8 Å². The van der Waals surface area contributed by atoms with Gasteiger partial charge in [-0.25, -0.2) is 0 Å². The second kappa shape index (κ2) is 3.63. The molecule has 0 aromatic carbocycles. The Morgan fingerprint density at radius 2 is 2.13 bits per heavy atom. The van der Waals surface area contributed by atoms with E-state index in [9.17, 15) is 9.59 Å². The standard InChI is InChI=1S/C10H13N3O2/c1-12-6(5-11)2-3-13-9(14)7-4-8(7)10(13)15/h6-8,12H,2-4H2,1H3. The quantitative estimate of drug-likeness (QED) is 0.630. The number of rotatable bonds is 4. The molecule has 3 atom stereocenters. The highest BCUT2D eigenvalue weighted by Crippen LogP contribution is 2.46. The molecule has 0 bridgehead atoms. The number of nitrogens with zero attached hydrogens (tertiary/aromatic N) is 2. The fraction of sp³-hybridized carbons (Fsp3) is 0.700. The van der Waals surface area contributed by atoms with Crippen LogP contribution < -0.4 is 5.32 Å². The SMILES string of the molecule is CNC(C#N)CCN1C(=O)C2CC2C1=O. The molecule has 1 aliphatic carbocycles. The molecule has 0 aromatic rings. The van der Waals surface area contributed by atoms with E-state index in [1.54, 1.807) is 7.05 Å². The highest BCUT2D eigenvalue weighted by Gasteiger charge is 2.58. The Hall–Kier alpha value is -1.41. The minimum absolute atomic E-state index is 0.0346. The topological polar surface area (TPSA) is 73.2 Å². The number of amides is 2. The van der Waals surface area contributed by atoms with Crippen molar-refractivity contribution in [3.63, 3.8) is 0 Å². The summed E-state index contributed by atoms with van der Waals surface area (Å²) in [6.07, 6.45) is 1.24. The maximum Gasteiger partial charge on any atom is 0.233 e. The molecule has 2 fully saturated rings. The lowest BCUT2D eigenvalue weighted by molar-refractivity contribution is -0.141. The molecule has 15 heavy (non-hydrogen) atoms. The van der Waals surface area contributed by atoms with E-state index in [0.29, 0.717) is 13.0 Å². The van der Waals surface area contributed by atoms with Gasteiger partial charge in [-0.2, -0.15) is 5.26 Å². The zero-order valence-electron chi connectivity index (χ0n) is 8.56. The van der Waals surface area contributed by atoms with Gasteiger partial charge in [0.05, 0.1) is 23.9 Å². The Balaban J connectivity index is 1.88. The molecule has 80 valence electrons. The van der Waals surface area contributed by atoms with Crippen LogP contribution in [0, 0.1) is 23.2 Å². The van der Waals surface area contributed by atoms with Gasteiger partial charge in [-0.3, -0.25) is 14.5 Å². The first-order valence-electron chi connectivity index (χ1n) is 5.11. The number of likely N-dealkylation sites (tertiary alicyclic amines) is 1. The number of carbonyl (C=O) groups excluding carboxylic acids is 2. The second-order valence-corrected chi connectivity index (χ2v) is 4.04. The van der Waals surface area contributed by atoms with Crippen molar-refractivity contribution in [3.05, 3.63) is 0 Å². The van der Waals surface area contributed by atoms with Gasteiger partial charge >= 0.3 is 0 Å². The summed E-state index contributed by atoms with van der Waals surface area (Å²) in [6.45, 7) is 0.365. The molecule has 1 aliphatic heterocycles. The molecule has 2 aliphatic rings. The van der Waals surface area contributed by atoms with Crippen LogP contribution in [0.25, 0.3) is 0 Å². The normalized spacial score (nSPS) is 30.0. The van der Waals surface area contributed by atoms with E-state index in [1.165, 1.54) is 4.90 Å². The van der Waals surface area contributed by atoms with E-state index >= 15 is 0 Å². The van der Waals surface area contributed by atoms with Crippen LogP contribution in [0.2, 0.25) is 0 Å². The zero-order valence-corrected chi connectivity index (χ0v) is 8.56. The minimum Gasteiger partial charge on any atom is -0.305 e. The minimum atomic E-state index is -0.289. The highest BCUT2D eigenvalue weighted by atomic mass is 16.2. The maximum atomic E-state index is 11.5. The van der Waals surface area contributed by atoms with Gasteiger partial charge in [0.25, 0.3) is 0 Å². The summed E-state index contributed by atoms with van der Waals surface area (Å²) in [7, 11) is 1.69. The predicted molar refractivity (Wildman–Crippen MR) is 51.4 cm³/mol. The lowest BCUT2D eigenvalue weighted by Gasteiger charge is -2.17. The number of carbonyl (C=O) groups is 2. The first kappa shape index (κ1) is 10.1. The van der Waals surface area contributed by atoms with Crippen LogP contribution in [0.4, 0.5) is 0 Å². The third-order valence-corrected chi connectivity index (χ3v) is 3.10. The molecular weight excluding hydrogens is 194 g/mol. The first-order chi connectivity index (χ1) is 7.19. The zero-order chi connectivity index (χ0) is 11.0. The maximum absolute atomic E-state index is 11.5. The van der Waals surface area contributed by atoms with Crippen LogP contribution in [0.5, 0.6) is 0 Å². The van der Waals surface area contributed by atoms with Gasteiger partial charge < -0.3 is 5.32 Å². The van der Waals surface area contributed by atoms with E-state index in [4.69, 9.17) is 5.26 Å². The summed E-state index contributed by atoms with van der Waals surface area (Å²) < 4.78 is 0. The Labute approximate surface area is 88.0 Å². The largest absolute Gasteiger partial charge is 0.305 e. The van der Waals surface area contributed by atoms with Crippen molar-refractivity contribution in [1.29, 1.82) is 5.26 Å². The van der Waals surface area contributed by atoms with E-state index in [0.717, 1.165) is 6.42 Å². The molecule has 1 saturated heterocycles. The van der Waals surface area contributed by atoms with E-state index < -0.39 is 0 Å². The molecule has 5 heteroatoms. The number of fused-ring (bicyclic) bond motifs is 1. The van der Waals surface area contributed by atoms with Crippen molar-refractivity contribution in [3.8, 4) is 6.07 Å². The Kier molecular flexibility index (Phi) is 2.45. The number of nitrogens with one attached hydrogen (secondary N) is 1. The molecule has 1 heterocycles. The molecule has 2 rings (SSSR count). The molecule has 0 radical (unpaired) electrons. The summed E-state index contributed by atoms with van der Waals surface area (Å²) in [6, 6.07) is 1.78. The van der Waals surface area contributed by atoms with Crippen LogP contribution in [0.1, 0.15) is 12.8 Å². The van der Waals surface area contributed by atoms with Crippen molar-refractivity contribution < 1.29 is 9.59 Å². The molecule has 2 amide bonds. The molecule has 0 spiro atoms. The van der Waals surface area contributed by atoms with Crippen molar-refractivity contribution in [2.75, 3.05) is 13.6 Å². The number of hydrogen-bond acceptors (Lipinski definition) is 4. The lowest BCUT2D eigenvalue weighted by atomic mass is 10.2. The second-order valence-electron chi connectivity index (χ2n) is 4.04. The summed E-state index contributed by atoms with van der Waals surface area (Å²) in [5.74, 6) is -0.157. The molecular formula is C10H13N3O2. The van der Waals surface area contributed by atoms with Crippen LogP contribution in [0.15, 0.2) is 0 Å². The predicted octanol–water partition coefficient (Wildman–Crippen LogP) is -0.507. The average Bonchev–Trinajstić information content (AvgIpc) is 2.98. The van der Waals surface area contributed by atoms with E-state index in [-0.39, 0.29) is 29.7 Å². The van der Waals surface area contributed by atoms with Crippen LogP contribution >= 0.6 is 0 Å². The summed E-state index contributed by atoms with van der Waals surface area (Å²) >= 11 is 0. The van der Waals surface area contributed by atoms with Gasteiger partial charge in [-0.1, -0.05) is 0 Å². The van der Waals surface area contributed by atoms with Gasteiger partial charge in [-0.05, 0) is 19.9 Å². The highest BCUT2D eigenvalue weighted by molar-refractivity contribution is 6.08. The molecule has 1 N–H and O–H groups in total. The van der Waals surface area contributed by atoms with Crippen molar-refractivity contribution >= 4 is 11.8 Å². The van der Waals surface area contributed by atoms with Crippen molar-refractivity contribution in [1.82, 2.24) is 10.2 Å². The van der Waals surface area contributed by atoms with Gasteiger partial charge in [0.2, 0.25) is 11.8 Å². The Morgan fingerprint density at radius 3 is 2.60 bits per heavy atom. The van der Waals surface area contributed by atoms with Crippen LogP contribution in [-0.4, -0.2) is 36.3 Å². The summed E-state index contributed by atoms with van der Waals surface area (Å²) in [5.41, 5.74) is 0. The summed E-state index contributed by atoms with van der Waals surface area (Å²) in [5, 5.41) is 11.5. The monoisotopic (exact) mass is 207 g/mol. The van der Waals surface area contributed by atoms with Gasteiger partial charge in [-0.15, -0.1) is 0 Å². The van der Waals surface area contributed by atoms with Crippen LogP contribution in [-0.2, 0) is 9.59 Å². The first-order valence-corrected chi connectivity index (χ1v) is 5.11. The molecule has 1 saturated carbocycles. The van der Waals surface area contributed by atoms with Gasteiger partial charge in [0.1, 0.15) is 0 Å². The third kappa shape index (κ3) is 1.61. The fourth-order valence-corrected chi connectivity index (χ4v) is 2.00. The van der Waals surface area contributed by atoms with E-state index in [1.807, 2.05) is 0 Å². The number of hydrogen-bond donors (Lipinski definition) is 1. The lowest BCUT2D eigenvalue weighted by Crippen LogP contribution is -2.37. The average molecular weight is 207 g/mol. The van der Waals surface area contributed by atoms with E-state index in [2.05, 4.69) is 11.4 Å². The van der Waals surface area contributed by atoms with Gasteiger partial charge in [0, 0.05) is 6.54 Å². The smallest absolute Gasteiger partial charge is 0.233 e.